The minimum absolute atomic E-state index is 0.225. The molecule has 2 nitrogen and oxygen atoms in total. The van der Waals surface area contributed by atoms with Gasteiger partial charge in [-0.05, 0) is 22.8 Å². The van der Waals surface area contributed by atoms with Crippen LogP contribution in [-0.4, -0.2) is 6.21 Å². The first-order valence-electron chi connectivity index (χ1n) is 8.76. The molecule has 25 heavy (non-hydrogen) atoms. The van der Waals surface area contributed by atoms with E-state index in [-0.39, 0.29) is 6.04 Å². The summed E-state index contributed by atoms with van der Waals surface area (Å²) in [6.45, 7) is 0. The van der Waals surface area contributed by atoms with Crippen LogP contribution in [0.4, 0.5) is 5.69 Å². The van der Waals surface area contributed by atoms with Gasteiger partial charge in [0.1, 0.15) is 0 Å². The topological polar surface area (TPSA) is 15.6 Å². The van der Waals surface area contributed by atoms with Gasteiger partial charge in [-0.3, -0.25) is 4.99 Å². The number of anilines is 1. The van der Waals surface area contributed by atoms with Crippen LogP contribution in [0.25, 0.3) is 16.8 Å². The number of hydrogen-bond acceptors (Lipinski definition) is 2. The molecule has 0 fully saturated rings. The molecule has 3 aliphatic rings. The monoisotopic (exact) mass is 320 g/mol. The standard InChI is InChI=1S/C23H16N2/c1-3-10-18-15(7-1)16-8-5-6-12-20(16)25-21-13-14-24-22(21)17-9-2-4-11-19(17)23(18)25/h1-12,14,23H,13H2. The summed E-state index contributed by atoms with van der Waals surface area (Å²) in [4.78, 5) is 7.25. The number of rotatable bonds is 0. The van der Waals surface area contributed by atoms with Gasteiger partial charge in [-0.15, -0.1) is 0 Å². The Labute approximate surface area is 146 Å². The predicted octanol–water partition coefficient (Wildman–Crippen LogP) is 5.42. The quantitative estimate of drug-likeness (QED) is 0.540. The second-order valence-electron chi connectivity index (χ2n) is 6.78. The van der Waals surface area contributed by atoms with Crippen molar-refractivity contribution < 1.29 is 0 Å². The summed E-state index contributed by atoms with van der Waals surface area (Å²) in [6.07, 6.45) is 2.95. The molecule has 0 aromatic heterocycles. The Balaban J connectivity index is 1.75. The van der Waals surface area contributed by atoms with Crippen molar-refractivity contribution in [3.05, 3.63) is 95.2 Å². The Morgan fingerprint density at radius 1 is 0.720 bits per heavy atom. The van der Waals surface area contributed by atoms with Crippen LogP contribution in [0.2, 0.25) is 0 Å². The lowest BCUT2D eigenvalue weighted by Gasteiger charge is -2.44. The number of hydrogen-bond donors (Lipinski definition) is 0. The second kappa shape index (κ2) is 4.70. The third-order valence-corrected chi connectivity index (χ3v) is 5.55. The summed E-state index contributed by atoms with van der Waals surface area (Å²) in [5.74, 6) is 0. The van der Waals surface area contributed by atoms with Crippen molar-refractivity contribution in [1.29, 1.82) is 0 Å². The molecule has 0 saturated carbocycles. The molecule has 0 amide bonds. The lowest BCUT2D eigenvalue weighted by atomic mass is 9.80. The molecule has 0 spiro atoms. The molecule has 0 bridgehead atoms. The molecule has 0 saturated heterocycles. The summed E-state index contributed by atoms with van der Waals surface area (Å²) in [5.41, 5.74) is 10.4. The minimum Gasteiger partial charge on any atom is -0.330 e. The van der Waals surface area contributed by atoms with Crippen LogP contribution in [0.3, 0.4) is 0 Å². The summed E-state index contributed by atoms with van der Waals surface area (Å²) in [7, 11) is 0. The molecular weight excluding hydrogens is 304 g/mol. The van der Waals surface area contributed by atoms with Crippen molar-refractivity contribution in [2.24, 2.45) is 4.99 Å². The van der Waals surface area contributed by atoms with Gasteiger partial charge >= 0.3 is 0 Å². The summed E-state index contributed by atoms with van der Waals surface area (Å²) in [5, 5.41) is 0. The van der Waals surface area contributed by atoms with E-state index in [0.717, 1.165) is 12.1 Å². The summed E-state index contributed by atoms with van der Waals surface area (Å²) >= 11 is 0. The Morgan fingerprint density at radius 3 is 2.20 bits per heavy atom. The number of nitrogens with zero attached hydrogens (tertiary/aromatic N) is 2. The van der Waals surface area contributed by atoms with Gasteiger partial charge in [0.25, 0.3) is 0 Å². The van der Waals surface area contributed by atoms with Crippen LogP contribution in [-0.2, 0) is 0 Å². The molecule has 3 aromatic rings. The van der Waals surface area contributed by atoms with Gasteiger partial charge in [-0.1, -0.05) is 66.7 Å². The molecule has 3 heterocycles. The van der Waals surface area contributed by atoms with E-state index < -0.39 is 0 Å². The maximum absolute atomic E-state index is 4.73. The number of para-hydroxylation sites is 1. The first-order valence-corrected chi connectivity index (χ1v) is 8.76. The van der Waals surface area contributed by atoms with Crippen molar-refractivity contribution in [3.8, 4) is 11.1 Å². The average molecular weight is 320 g/mol. The third kappa shape index (κ3) is 1.61. The van der Waals surface area contributed by atoms with Crippen LogP contribution in [0.5, 0.6) is 0 Å². The fourth-order valence-electron chi connectivity index (χ4n) is 4.56. The summed E-state index contributed by atoms with van der Waals surface area (Å²) in [6, 6.07) is 26.5. The zero-order chi connectivity index (χ0) is 16.4. The van der Waals surface area contributed by atoms with Gasteiger partial charge in [0.15, 0.2) is 0 Å². The highest BCUT2D eigenvalue weighted by molar-refractivity contribution is 5.96. The maximum Gasteiger partial charge on any atom is 0.0900 e. The number of benzene rings is 3. The Hall–Kier alpha value is -3.13. The number of allylic oxidation sites excluding steroid dienone is 1. The predicted molar refractivity (Wildman–Crippen MR) is 103 cm³/mol. The van der Waals surface area contributed by atoms with Gasteiger partial charge in [0, 0.05) is 29.4 Å². The van der Waals surface area contributed by atoms with E-state index in [1.165, 1.54) is 39.2 Å². The molecule has 6 rings (SSSR count). The fourth-order valence-corrected chi connectivity index (χ4v) is 4.56. The van der Waals surface area contributed by atoms with Crippen molar-refractivity contribution in [2.75, 3.05) is 4.90 Å². The lowest BCUT2D eigenvalue weighted by Crippen LogP contribution is -2.35. The fraction of sp³-hybridized carbons (Fsp3) is 0.0870. The zero-order valence-electron chi connectivity index (χ0n) is 13.7. The van der Waals surface area contributed by atoms with Crippen molar-refractivity contribution in [1.82, 2.24) is 0 Å². The molecule has 118 valence electrons. The molecule has 3 aliphatic heterocycles. The molecular formula is C23H16N2. The van der Waals surface area contributed by atoms with Crippen molar-refractivity contribution in [2.45, 2.75) is 12.5 Å². The van der Waals surface area contributed by atoms with E-state index in [1.807, 2.05) is 6.21 Å². The van der Waals surface area contributed by atoms with Crippen LogP contribution >= 0.6 is 0 Å². The highest BCUT2D eigenvalue weighted by atomic mass is 15.2. The van der Waals surface area contributed by atoms with Crippen LogP contribution < -0.4 is 4.90 Å². The van der Waals surface area contributed by atoms with Crippen LogP contribution in [0.1, 0.15) is 29.2 Å². The zero-order valence-corrected chi connectivity index (χ0v) is 13.7. The van der Waals surface area contributed by atoms with E-state index in [1.54, 1.807) is 0 Å². The Bertz CT molecular complexity index is 1090. The van der Waals surface area contributed by atoms with Gasteiger partial charge in [0.2, 0.25) is 0 Å². The largest absolute Gasteiger partial charge is 0.330 e. The molecule has 2 heteroatoms. The number of fused-ring (bicyclic) bond motifs is 10. The number of aliphatic imine (C=N–C) groups is 1. The highest BCUT2D eigenvalue weighted by Gasteiger charge is 2.40. The van der Waals surface area contributed by atoms with E-state index >= 15 is 0 Å². The van der Waals surface area contributed by atoms with Gasteiger partial charge in [0.05, 0.1) is 17.4 Å². The van der Waals surface area contributed by atoms with Gasteiger partial charge < -0.3 is 4.90 Å². The van der Waals surface area contributed by atoms with Gasteiger partial charge in [-0.2, -0.15) is 0 Å². The third-order valence-electron chi connectivity index (χ3n) is 5.55. The molecule has 0 N–H and O–H groups in total. The highest BCUT2D eigenvalue weighted by Crippen LogP contribution is 2.54. The Morgan fingerprint density at radius 2 is 1.36 bits per heavy atom. The average Bonchev–Trinajstić information content (AvgIpc) is 3.17. The molecule has 1 atom stereocenters. The second-order valence-corrected chi connectivity index (χ2v) is 6.78. The minimum atomic E-state index is 0.225. The van der Waals surface area contributed by atoms with E-state index in [0.29, 0.717) is 0 Å². The lowest BCUT2D eigenvalue weighted by molar-refractivity contribution is 0.754. The van der Waals surface area contributed by atoms with Crippen molar-refractivity contribution in [3.63, 3.8) is 0 Å². The smallest absolute Gasteiger partial charge is 0.0900 e. The molecule has 0 aliphatic carbocycles. The van der Waals surface area contributed by atoms with E-state index in [9.17, 15) is 0 Å². The Kier molecular flexibility index (Phi) is 2.48. The SMILES string of the molecule is C1=NC2=C(C1)N1c3ccccc3-c3ccccc3C1c1ccccc12. The maximum atomic E-state index is 4.73. The molecule has 1 unspecified atom stereocenters. The normalized spacial score (nSPS) is 19.0. The van der Waals surface area contributed by atoms with Crippen LogP contribution in [0, 0.1) is 0 Å². The van der Waals surface area contributed by atoms with E-state index in [2.05, 4.69) is 77.7 Å². The molecule has 3 aromatic carbocycles. The van der Waals surface area contributed by atoms with Crippen molar-refractivity contribution >= 4 is 17.6 Å². The van der Waals surface area contributed by atoms with E-state index in [4.69, 9.17) is 4.99 Å². The first kappa shape index (κ1) is 13.2. The summed E-state index contributed by atoms with van der Waals surface area (Å²) < 4.78 is 0. The van der Waals surface area contributed by atoms with Gasteiger partial charge in [-0.25, -0.2) is 0 Å². The first-order chi connectivity index (χ1) is 12.4. The van der Waals surface area contributed by atoms with Crippen LogP contribution in [0.15, 0.2) is 83.5 Å². The molecule has 0 radical (unpaired) electrons.